The fourth-order valence-electron chi connectivity index (χ4n) is 3.23. The number of fused-ring (bicyclic) bond motifs is 1. The molecule has 0 amide bonds. The van der Waals surface area contributed by atoms with Gasteiger partial charge in [0.05, 0.1) is 32.1 Å². The van der Waals surface area contributed by atoms with Gasteiger partial charge in [0.2, 0.25) is 0 Å². The van der Waals surface area contributed by atoms with Gasteiger partial charge >= 0.3 is 0 Å². The van der Waals surface area contributed by atoms with Gasteiger partial charge in [-0.3, -0.25) is 0 Å². The number of nitrogens with zero attached hydrogens (tertiary/aromatic N) is 2. The molecule has 80 valence electrons. The van der Waals surface area contributed by atoms with Crippen LogP contribution in [0.2, 0.25) is 0 Å². The molecule has 14 heavy (non-hydrogen) atoms. The number of nitriles is 1. The lowest BCUT2D eigenvalue weighted by atomic mass is 9.82. The Morgan fingerprint density at radius 3 is 2.57 bits per heavy atom. The summed E-state index contributed by atoms with van der Waals surface area (Å²) in [6, 6.07) is 3.17. The second-order valence-corrected chi connectivity index (χ2v) is 4.87. The van der Waals surface area contributed by atoms with Gasteiger partial charge in [-0.15, -0.1) is 0 Å². The molecule has 2 rings (SSSR count). The number of hydrogen-bond acceptors (Lipinski definition) is 1. The Morgan fingerprint density at radius 1 is 1.14 bits per heavy atom. The molecule has 2 saturated heterocycles. The summed E-state index contributed by atoms with van der Waals surface area (Å²) in [5.41, 5.74) is 0. The molecule has 3 heteroatoms. The Morgan fingerprint density at radius 2 is 1.86 bits per heavy atom. The molecule has 2 heterocycles. The minimum Gasteiger partial charge on any atom is -1.00 e. The Bertz CT molecular complexity index is 232. The predicted octanol–water partition coefficient (Wildman–Crippen LogP) is -1.08. The second-order valence-electron chi connectivity index (χ2n) is 4.87. The highest BCUT2D eigenvalue weighted by Gasteiger charge is 2.43. The number of piperidine rings is 2. The summed E-state index contributed by atoms with van der Waals surface area (Å²) < 4.78 is 1.19. The topological polar surface area (TPSA) is 23.8 Å². The maximum atomic E-state index is 9.08. The molecule has 1 unspecified atom stereocenters. The molecule has 3 atom stereocenters. The van der Waals surface area contributed by atoms with Crippen molar-refractivity contribution in [3.63, 3.8) is 0 Å². The number of halogens is 1. The van der Waals surface area contributed by atoms with Gasteiger partial charge in [-0.1, -0.05) is 0 Å². The lowest BCUT2D eigenvalue weighted by Crippen LogP contribution is -3.00. The summed E-state index contributed by atoms with van der Waals surface area (Å²) in [4.78, 5) is 0. The van der Waals surface area contributed by atoms with Crippen LogP contribution in [0.5, 0.6) is 0 Å². The lowest BCUT2D eigenvalue weighted by molar-refractivity contribution is -0.945. The molecule has 0 aliphatic carbocycles. The molecule has 0 aromatic heterocycles. The molecule has 2 nitrogen and oxygen atoms in total. The first kappa shape index (κ1) is 12.3. The summed E-state index contributed by atoms with van der Waals surface area (Å²) in [6.45, 7) is 2.62. The number of rotatable bonds is 0. The SMILES string of the molecule is C[N+]12CCCC[C@@H]1[C@H](C#N)CCC2.[I-]. The Labute approximate surface area is 104 Å². The van der Waals surface area contributed by atoms with Crippen molar-refractivity contribution in [2.45, 2.75) is 38.1 Å². The van der Waals surface area contributed by atoms with E-state index in [-0.39, 0.29) is 24.0 Å². The third-order valence-electron chi connectivity index (χ3n) is 4.03. The molecule has 0 N–H and O–H groups in total. The van der Waals surface area contributed by atoms with Crippen LogP contribution < -0.4 is 24.0 Å². The van der Waals surface area contributed by atoms with Crippen molar-refractivity contribution in [3.8, 4) is 6.07 Å². The standard InChI is InChI=1S/C11H19N2.HI/c1-13-7-3-2-6-11(13)10(9-12)5-4-8-13;/h10-11H,2-8H2,1H3;1H/q+1;/p-1/t10-,11+,13?;/m0./s1. The van der Waals surface area contributed by atoms with Crippen LogP contribution in [0.25, 0.3) is 0 Å². The van der Waals surface area contributed by atoms with Crippen molar-refractivity contribution < 1.29 is 28.5 Å². The first-order valence-electron chi connectivity index (χ1n) is 5.50. The minimum atomic E-state index is 0. The maximum Gasteiger partial charge on any atom is 0.105 e. The molecule has 0 aromatic carbocycles. The van der Waals surface area contributed by atoms with Crippen molar-refractivity contribution in [3.05, 3.63) is 0 Å². The Balaban J connectivity index is 0.000000980. The van der Waals surface area contributed by atoms with Gasteiger partial charge in [0.25, 0.3) is 0 Å². The van der Waals surface area contributed by atoms with Gasteiger partial charge < -0.3 is 28.5 Å². The monoisotopic (exact) mass is 306 g/mol. The number of quaternary nitrogens is 1. The second kappa shape index (κ2) is 4.80. The van der Waals surface area contributed by atoms with E-state index in [1.165, 1.54) is 43.3 Å². The van der Waals surface area contributed by atoms with Crippen molar-refractivity contribution in [1.29, 1.82) is 5.26 Å². The predicted molar refractivity (Wildman–Crippen MR) is 51.9 cm³/mol. The van der Waals surface area contributed by atoms with Gasteiger partial charge in [0, 0.05) is 6.42 Å². The summed E-state index contributed by atoms with van der Waals surface area (Å²) >= 11 is 0. The normalized spacial score (nSPS) is 41.7. The van der Waals surface area contributed by atoms with Gasteiger partial charge in [0.15, 0.2) is 0 Å². The van der Waals surface area contributed by atoms with Crippen LogP contribution in [0.1, 0.15) is 32.1 Å². The lowest BCUT2D eigenvalue weighted by Gasteiger charge is -2.49. The van der Waals surface area contributed by atoms with Gasteiger partial charge in [-0.2, -0.15) is 5.26 Å². The minimum absolute atomic E-state index is 0. The molecule has 0 saturated carbocycles. The zero-order chi connectivity index (χ0) is 9.31. The average Bonchev–Trinajstić information content (AvgIpc) is 2.15. The summed E-state index contributed by atoms with van der Waals surface area (Å²) in [5, 5.41) is 9.08. The van der Waals surface area contributed by atoms with E-state index >= 15 is 0 Å². The summed E-state index contributed by atoms with van der Waals surface area (Å²) in [6.07, 6.45) is 6.40. The molecule has 2 aliphatic heterocycles. The van der Waals surface area contributed by atoms with E-state index < -0.39 is 0 Å². The quantitative estimate of drug-likeness (QED) is 0.413. The van der Waals surface area contributed by atoms with E-state index in [0.29, 0.717) is 12.0 Å². The fraction of sp³-hybridized carbons (Fsp3) is 0.909. The Hall–Kier alpha value is 0.180. The van der Waals surface area contributed by atoms with Crippen molar-refractivity contribution >= 4 is 0 Å². The van der Waals surface area contributed by atoms with Gasteiger partial charge in [0.1, 0.15) is 6.04 Å². The molecule has 2 fully saturated rings. The zero-order valence-electron chi connectivity index (χ0n) is 8.88. The first-order chi connectivity index (χ1) is 6.26. The maximum absolute atomic E-state index is 9.08. The average molecular weight is 306 g/mol. The van der Waals surface area contributed by atoms with Crippen LogP contribution in [0, 0.1) is 17.2 Å². The van der Waals surface area contributed by atoms with Crippen molar-refractivity contribution in [2.24, 2.45) is 5.92 Å². The highest BCUT2D eigenvalue weighted by molar-refractivity contribution is 4.92. The largest absolute Gasteiger partial charge is 1.00 e. The Kier molecular flexibility index (Phi) is 4.20. The molecular weight excluding hydrogens is 287 g/mol. The van der Waals surface area contributed by atoms with Crippen LogP contribution in [0.4, 0.5) is 0 Å². The van der Waals surface area contributed by atoms with E-state index in [0.717, 1.165) is 6.42 Å². The highest BCUT2D eigenvalue weighted by atomic mass is 127. The van der Waals surface area contributed by atoms with Crippen molar-refractivity contribution in [1.82, 2.24) is 0 Å². The van der Waals surface area contributed by atoms with Crippen LogP contribution in [0.3, 0.4) is 0 Å². The van der Waals surface area contributed by atoms with Crippen LogP contribution in [-0.2, 0) is 0 Å². The van der Waals surface area contributed by atoms with Crippen LogP contribution in [-0.4, -0.2) is 30.7 Å². The molecule has 0 aromatic rings. The van der Waals surface area contributed by atoms with Crippen LogP contribution >= 0.6 is 0 Å². The summed E-state index contributed by atoms with van der Waals surface area (Å²) in [5.74, 6) is 0.346. The van der Waals surface area contributed by atoms with E-state index in [9.17, 15) is 0 Å². The van der Waals surface area contributed by atoms with Gasteiger partial charge in [-0.25, -0.2) is 0 Å². The van der Waals surface area contributed by atoms with Crippen molar-refractivity contribution in [2.75, 3.05) is 20.1 Å². The molecule has 2 aliphatic rings. The van der Waals surface area contributed by atoms with E-state index in [2.05, 4.69) is 13.1 Å². The van der Waals surface area contributed by atoms with Crippen LogP contribution in [0.15, 0.2) is 0 Å². The zero-order valence-corrected chi connectivity index (χ0v) is 11.0. The smallest absolute Gasteiger partial charge is 0.105 e. The fourth-order valence-corrected chi connectivity index (χ4v) is 3.23. The third kappa shape index (κ3) is 2.06. The van der Waals surface area contributed by atoms with E-state index in [4.69, 9.17) is 5.26 Å². The van der Waals surface area contributed by atoms with E-state index in [1.54, 1.807) is 0 Å². The highest BCUT2D eigenvalue weighted by Crippen LogP contribution is 2.35. The van der Waals surface area contributed by atoms with Gasteiger partial charge in [-0.05, 0) is 25.7 Å². The summed E-state index contributed by atoms with van der Waals surface area (Å²) in [7, 11) is 2.35. The first-order valence-corrected chi connectivity index (χ1v) is 5.50. The molecule has 0 bridgehead atoms. The molecular formula is C11H19IN2. The van der Waals surface area contributed by atoms with E-state index in [1.807, 2.05) is 0 Å². The molecule has 0 radical (unpaired) electrons. The third-order valence-corrected chi connectivity index (χ3v) is 4.03. The number of hydrogen-bond donors (Lipinski definition) is 0. The molecule has 0 spiro atoms.